The smallest absolute Gasteiger partial charge is 0.0146 e. The molecule has 1 heterocycles. The Labute approximate surface area is 83.5 Å². The van der Waals surface area contributed by atoms with Crippen molar-refractivity contribution in [3.05, 3.63) is 0 Å². The van der Waals surface area contributed by atoms with Crippen LogP contribution in [0, 0.1) is 17.8 Å². The maximum Gasteiger partial charge on any atom is 0.0146 e. The van der Waals surface area contributed by atoms with Gasteiger partial charge in [-0.05, 0) is 44.2 Å². The van der Waals surface area contributed by atoms with Crippen molar-refractivity contribution in [2.24, 2.45) is 17.8 Å². The minimum Gasteiger partial charge on any atom is -0.303 e. The second-order valence-electron chi connectivity index (χ2n) is 5.27. The minimum absolute atomic E-state index is 0.803. The molecule has 0 aromatic rings. The molecular weight excluding hydrogens is 158 g/mol. The van der Waals surface area contributed by atoms with Gasteiger partial charge in [0.25, 0.3) is 0 Å². The van der Waals surface area contributed by atoms with E-state index in [9.17, 15) is 0 Å². The highest BCUT2D eigenvalue weighted by Crippen LogP contribution is 2.32. The first kappa shape index (κ1) is 11.0. The van der Waals surface area contributed by atoms with Crippen LogP contribution in [-0.4, -0.2) is 24.5 Å². The van der Waals surface area contributed by atoms with Gasteiger partial charge in [0, 0.05) is 6.04 Å². The van der Waals surface area contributed by atoms with E-state index in [4.69, 9.17) is 0 Å². The lowest BCUT2D eigenvalue weighted by Gasteiger charge is -2.43. The van der Waals surface area contributed by atoms with E-state index in [-0.39, 0.29) is 0 Å². The number of nitrogens with zero attached hydrogens (tertiary/aromatic N) is 1. The highest BCUT2D eigenvalue weighted by atomic mass is 15.1. The lowest BCUT2D eigenvalue weighted by molar-refractivity contribution is 0.0588. The summed E-state index contributed by atoms with van der Waals surface area (Å²) in [6.45, 7) is 10.8. The number of rotatable bonds is 2. The molecule has 0 saturated carbocycles. The first-order valence-electron chi connectivity index (χ1n) is 5.74. The summed E-state index contributed by atoms with van der Waals surface area (Å²) < 4.78 is 0. The normalized spacial score (nSPS) is 31.6. The van der Waals surface area contributed by atoms with Crippen LogP contribution in [-0.2, 0) is 0 Å². The molecule has 1 heteroatoms. The molecule has 13 heavy (non-hydrogen) atoms. The van der Waals surface area contributed by atoms with Gasteiger partial charge in [0.05, 0.1) is 0 Å². The van der Waals surface area contributed by atoms with Gasteiger partial charge >= 0.3 is 0 Å². The van der Waals surface area contributed by atoms with Crippen molar-refractivity contribution in [2.75, 3.05) is 13.6 Å². The Bertz CT molecular complexity index is 151. The third-order valence-electron chi connectivity index (χ3n) is 3.54. The molecule has 1 nitrogen and oxygen atoms in total. The standard InChI is InChI=1S/C12H25N/c1-9(2)11-7-6-8-13(5)12(11)10(3)4/h9-12H,6-8H2,1-5H3. The fourth-order valence-electron chi connectivity index (χ4n) is 2.95. The molecule has 2 unspecified atom stereocenters. The Kier molecular flexibility index (Phi) is 3.78. The summed E-state index contributed by atoms with van der Waals surface area (Å²) in [7, 11) is 2.29. The minimum atomic E-state index is 0.803. The largest absolute Gasteiger partial charge is 0.303 e. The summed E-state index contributed by atoms with van der Waals surface area (Å²) in [5, 5.41) is 0. The predicted molar refractivity (Wildman–Crippen MR) is 58.8 cm³/mol. The molecule has 0 N–H and O–H groups in total. The van der Waals surface area contributed by atoms with Crippen molar-refractivity contribution in [1.29, 1.82) is 0 Å². The van der Waals surface area contributed by atoms with Gasteiger partial charge in [-0.3, -0.25) is 0 Å². The van der Waals surface area contributed by atoms with Gasteiger partial charge in [0.1, 0.15) is 0 Å². The zero-order chi connectivity index (χ0) is 10.0. The third-order valence-corrected chi connectivity index (χ3v) is 3.54. The molecule has 1 aliphatic heterocycles. The maximum absolute atomic E-state index is 2.57. The van der Waals surface area contributed by atoms with E-state index in [2.05, 4.69) is 39.6 Å². The zero-order valence-corrected chi connectivity index (χ0v) is 9.88. The molecule has 0 aromatic heterocycles. The third kappa shape index (κ3) is 2.46. The van der Waals surface area contributed by atoms with Gasteiger partial charge in [-0.25, -0.2) is 0 Å². The molecule has 0 aromatic carbocycles. The summed E-state index contributed by atoms with van der Waals surface area (Å²) in [6.07, 6.45) is 2.83. The Morgan fingerprint density at radius 1 is 1.08 bits per heavy atom. The molecule has 0 radical (unpaired) electrons. The van der Waals surface area contributed by atoms with E-state index in [1.807, 2.05) is 0 Å². The van der Waals surface area contributed by atoms with Gasteiger partial charge in [-0.15, -0.1) is 0 Å². The van der Waals surface area contributed by atoms with Crippen molar-refractivity contribution in [1.82, 2.24) is 4.90 Å². The van der Waals surface area contributed by atoms with Gasteiger partial charge in [0.15, 0.2) is 0 Å². The summed E-state index contributed by atoms with van der Waals surface area (Å²) in [4.78, 5) is 2.57. The topological polar surface area (TPSA) is 3.24 Å². The van der Waals surface area contributed by atoms with Crippen LogP contribution < -0.4 is 0 Å². The van der Waals surface area contributed by atoms with E-state index in [0.717, 1.165) is 23.8 Å². The van der Waals surface area contributed by atoms with E-state index in [0.29, 0.717) is 0 Å². The van der Waals surface area contributed by atoms with Gasteiger partial charge in [-0.1, -0.05) is 27.7 Å². The van der Waals surface area contributed by atoms with Crippen molar-refractivity contribution >= 4 is 0 Å². The Hall–Kier alpha value is -0.0400. The summed E-state index contributed by atoms with van der Waals surface area (Å²) in [5.41, 5.74) is 0. The SMILES string of the molecule is CC(C)C1CCCN(C)C1C(C)C. The fourth-order valence-corrected chi connectivity index (χ4v) is 2.95. The van der Waals surface area contributed by atoms with Crippen LogP contribution in [0.1, 0.15) is 40.5 Å². The molecular formula is C12H25N. The van der Waals surface area contributed by atoms with Crippen LogP contribution in [0.4, 0.5) is 0 Å². The van der Waals surface area contributed by atoms with E-state index < -0.39 is 0 Å². The van der Waals surface area contributed by atoms with Gasteiger partial charge in [-0.2, -0.15) is 0 Å². The summed E-state index contributed by atoms with van der Waals surface area (Å²) >= 11 is 0. The first-order valence-corrected chi connectivity index (χ1v) is 5.74. The molecule has 0 spiro atoms. The molecule has 0 amide bonds. The summed E-state index contributed by atoms with van der Waals surface area (Å²) in [6, 6.07) is 0.814. The van der Waals surface area contributed by atoms with Crippen LogP contribution in [0.5, 0.6) is 0 Å². The quantitative estimate of drug-likeness (QED) is 0.636. The lowest BCUT2D eigenvalue weighted by Crippen LogP contribution is -2.47. The molecule has 1 rings (SSSR count). The Morgan fingerprint density at radius 3 is 2.08 bits per heavy atom. The van der Waals surface area contributed by atoms with E-state index >= 15 is 0 Å². The average Bonchev–Trinajstić information content (AvgIpc) is 2.02. The van der Waals surface area contributed by atoms with Crippen molar-refractivity contribution in [3.63, 3.8) is 0 Å². The second-order valence-corrected chi connectivity index (χ2v) is 5.27. The Balaban J connectivity index is 2.68. The van der Waals surface area contributed by atoms with Gasteiger partial charge < -0.3 is 4.90 Å². The fraction of sp³-hybridized carbons (Fsp3) is 1.00. The Morgan fingerprint density at radius 2 is 1.69 bits per heavy atom. The molecule has 0 bridgehead atoms. The number of hydrogen-bond donors (Lipinski definition) is 0. The average molecular weight is 183 g/mol. The number of likely N-dealkylation sites (tertiary alicyclic amines) is 1. The second kappa shape index (κ2) is 4.45. The van der Waals surface area contributed by atoms with Crippen molar-refractivity contribution < 1.29 is 0 Å². The monoisotopic (exact) mass is 183 g/mol. The van der Waals surface area contributed by atoms with Crippen LogP contribution >= 0.6 is 0 Å². The van der Waals surface area contributed by atoms with Gasteiger partial charge in [0.2, 0.25) is 0 Å². The molecule has 1 fully saturated rings. The molecule has 0 aliphatic carbocycles. The predicted octanol–water partition coefficient (Wildman–Crippen LogP) is 3.01. The molecule has 1 aliphatic rings. The van der Waals surface area contributed by atoms with E-state index in [1.54, 1.807) is 0 Å². The number of hydrogen-bond acceptors (Lipinski definition) is 1. The molecule has 2 atom stereocenters. The van der Waals surface area contributed by atoms with Crippen LogP contribution in [0.3, 0.4) is 0 Å². The molecule has 78 valence electrons. The van der Waals surface area contributed by atoms with Crippen LogP contribution in [0.2, 0.25) is 0 Å². The summed E-state index contributed by atoms with van der Waals surface area (Å²) in [5.74, 6) is 2.56. The lowest BCUT2D eigenvalue weighted by atomic mass is 9.77. The highest BCUT2D eigenvalue weighted by molar-refractivity contribution is 4.86. The van der Waals surface area contributed by atoms with Crippen LogP contribution in [0.15, 0.2) is 0 Å². The van der Waals surface area contributed by atoms with E-state index in [1.165, 1.54) is 19.4 Å². The number of piperidine rings is 1. The zero-order valence-electron chi connectivity index (χ0n) is 9.88. The first-order chi connectivity index (χ1) is 6.04. The molecule has 1 saturated heterocycles. The van der Waals surface area contributed by atoms with Crippen LogP contribution in [0.25, 0.3) is 0 Å². The highest BCUT2D eigenvalue weighted by Gasteiger charge is 2.32. The van der Waals surface area contributed by atoms with Crippen molar-refractivity contribution in [2.45, 2.75) is 46.6 Å². The van der Waals surface area contributed by atoms with Crippen molar-refractivity contribution in [3.8, 4) is 0 Å². The maximum atomic E-state index is 2.57.